The number of hydrogen-bond acceptors (Lipinski definition) is 6. The SMILES string of the molecule is Cn1c(CN2CCCC2)nnc1C1CCCN(C(CO)CO)C1. The number of aliphatic hydroxyl groups excluding tert-OH is 2. The number of aliphatic hydroxyl groups is 2. The Morgan fingerprint density at radius 3 is 2.52 bits per heavy atom. The molecule has 1 aromatic rings. The number of piperidine rings is 1. The molecule has 0 amide bonds. The lowest BCUT2D eigenvalue weighted by molar-refractivity contribution is 0.0537. The van der Waals surface area contributed by atoms with E-state index in [1.165, 1.54) is 12.8 Å². The zero-order valence-corrected chi connectivity index (χ0v) is 14.1. The van der Waals surface area contributed by atoms with Crippen LogP contribution in [0.25, 0.3) is 0 Å². The highest BCUT2D eigenvalue weighted by atomic mass is 16.3. The van der Waals surface area contributed by atoms with E-state index < -0.39 is 0 Å². The van der Waals surface area contributed by atoms with Crippen LogP contribution in [-0.2, 0) is 13.6 Å². The van der Waals surface area contributed by atoms with Gasteiger partial charge in [0.2, 0.25) is 0 Å². The van der Waals surface area contributed by atoms with E-state index in [2.05, 4.69) is 31.6 Å². The Balaban J connectivity index is 1.67. The maximum Gasteiger partial charge on any atom is 0.146 e. The molecular formula is C16H29N5O2. The van der Waals surface area contributed by atoms with E-state index in [0.29, 0.717) is 5.92 Å². The summed E-state index contributed by atoms with van der Waals surface area (Å²) in [6.07, 6.45) is 4.73. The van der Waals surface area contributed by atoms with Crippen molar-refractivity contribution < 1.29 is 10.2 Å². The minimum atomic E-state index is -0.157. The Morgan fingerprint density at radius 2 is 1.83 bits per heavy atom. The molecule has 0 aromatic carbocycles. The van der Waals surface area contributed by atoms with E-state index >= 15 is 0 Å². The summed E-state index contributed by atoms with van der Waals surface area (Å²) in [5, 5.41) is 27.7. The topological polar surface area (TPSA) is 77.7 Å². The standard InChI is InChI=1S/C16H29N5O2/c1-19-15(10-20-6-2-3-7-20)17-18-16(19)13-5-4-8-21(9-13)14(11-22)12-23/h13-14,22-23H,2-12H2,1H3. The maximum absolute atomic E-state index is 9.41. The molecule has 23 heavy (non-hydrogen) atoms. The smallest absolute Gasteiger partial charge is 0.146 e. The molecule has 2 aliphatic rings. The Labute approximate surface area is 137 Å². The summed E-state index contributed by atoms with van der Waals surface area (Å²) in [5.74, 6) is 2.41. The predicted octanol–water partition coefficient (Wildman–Crippen LogP) is -0.0565. The lowest BCUT2D eigenvalue weighted by Gasteiger charge is -2.36. The number of aromatic nitrogens is 3. The molecule has 0 aliphatic carbocycles. The number of rotatable bonds is 6. The minimum absolute atomic E-state index is 0.00223. The van der Waals surface area contributed by atoms with Crippen molar-refractivity contribution in [1.29, 1.82) is 0 Å². The van der Waals surface area contributed by atoms with Crippen LogP contribution >= 0.6 is 0 Å². The van der Waals surface area contributed by atoms with Crippen LogP contribution in [0.15, 0.2) is 0 Å². The van der Waals surface area contributed by atoms with Crippen LogP contribution in [-0.4, -0.2) is 80.2 Å². The molecule has 2 aliphatic heterocycles. The summed E-state index contributed by atoms with van der Waals surface area (Å²) < 4.78 is 2.15. The first kappa shape index (κ1) is 16.8. The molecule has 2 N–H and O–H groups in total. The Morgan fingerprint density at radius 1 is 1.09 bits per heavy atom. The van der Waals surface area contributed by atoms with Gasteiger partial charge >= 0.3 is 0 Å². The molecular weight excluding hydrogens is 294 g/mol. The Bertz CT molecular complexity index is 497. The fourth-order valence-corrected chi connectivity index (χ4v) is 3.85. The zero-order chi connectivity index (χ0) is 16.2. The van der Waals surface area contributed by atoms with Crippen molar-refractivity contribution in [3.63, 3.8) is 0 Å². The van der Waals surface area contributed by atoms with Crippen molar-refractivity contribution in [3.8, 4) is 0 Å². The van der Waals surface area contributed by atoms with Gasteiger partial charge in [0.15, 0.2) is 0 Å². The van der Waals surface area contributed by atoms with Crippen molar-refractivity contribution in [2.24, 2.45) is 7.05 Å². The van der Waals surface area contributed by atoms with Crippen LogP contribution in [0.5, 0.6) is 0 Å². The third-order valence-corrected chi connectivity index (χ3v) is 5.32. The van der Waals surface area contributed by atoms with Gasteiger partial charge in [0, 0.05) is 19.5 Å². The lowest BCUT2D eigenvalue weighted by Crippen LogP contribution is -2.46. The molecule has 130 valence electrons. The maximum atomic E-state index is 9.41. The summed E-state index contributed by atoms with van der Waals surface area (Å²) in [5.41, 5.74) is 0. The van der Waals surface area contributed by atoms with Gasteiger partial charge < -0.3 is 14.8 Å². The van der Waals surface area contributed by atoms with Gasteiger partial charge in [-0.1, -0.05) is 0 Å². The second kappa shape index (κ2) is 7.70. The first-order chi connectivity index (χ1) is 11.2. The molecule has 1 unspecified atom stereocenters. The Hall–Kier alpha value is -1.02. The largest absolute Gasteiger partial charge is 0.395 e. The average Bonchev–Trinajstić information content (AvgIpc) is 3.20. The first-order valence-corrected chi connectivity index (χ1v) is 8.79. The molecule has 1 atom stereocenters. The normalized spacial score (nSPS) is 23.9. The third-order valence-electron chi connectivity index (χ3n) is 5.32. The highest BCUT2D eigenvalue weighted by molar-refractivity contribution is 5.04. The molecule has 7 heteroatoms. The van der Waals surface area contributed by atoms with Gasteiger partial charge in [0.05, 0.1) is 25.8 Å². The number of nitrogens with zero attached hydrogens (tertiary/aromatic N) is 5. The van der Waals surface area contributed by atoms with Crippen molar-refractivity contribution in [1.82, 2.24) is 24.6 Å². The summed E-state index contributed by atoms with van der Waals surface area (Å²) >= 11 is 0. The van der Waals surface area contributed by atoms with Gasteiger partial charge in [-0.05, 0) is 45.3 Å². The van der Waals surface area contributed by atoms with Gasteiger partial charge in [-0.3, -0.25) is 9.80 Å². The van der Waals surface area contributed by atoms with Gasteiger partial charge in [0.25, 0.3) is 0 Å². The molecule has 2 saturated heterocycles. The second-order valence-corrected chi connectivity index (χ2v) is 6.87. The van der Waals surface area contributed by atoms with Gasteiger partial charge in [0.1, 0.15) is 11.6 Å². The first-order valence-electron chi connectivity index (χ1n) is 8.79. The lowest BCUT2D eigenvalue weighted by atomic mass is 9.96. The summed E-state index contributed by atoms with van der Waals surface area (Å²) in [7, 11) is 2.06. The molecule has 7 nitrogen and oxygen atoms in total. The van der Waals surface area contributed by atoms with E-state index in [1.54, 1.807) is 0 Å². The van der Waals surface area contributed by atoms with Crippen LogP contribution in [0, 0.1) is 0 Å². The molecule has 0 bridgehead atoms. The molecule has 0 radical (unpaired) electrons. The summed E-state index contributed by atoms with van der Waals surface area (Å²) in [6, 6.07) is -0.157. The zero-order valence-electron chi connectivity index (χ0n) is 14.1. The van der Waals surface area contributed by atoms with E-state index in [0.717, 1.165) is 57.2 Å². The average molecular weight is 323 g/mol. The van der Waals surface area contributed by atoms with E-state index in [9.17, 15) is 10.2 Å². The minimum Gasteiger partial charge on any atom is -0.395 e. The Kier molecular flexibility index (Phi) is 5.63. The van der Waals surface area contributed by atoms with Crippen molar-refractivity contribution in [2.45, 2.75) is 44.2 Å². The van der Waals surface area contributed by atoms with E-state index in [4.69, 9.17) is 0 Å². The van der Waals surface area contributed by atoms with Crippen LogP contribution in [0.2, 0.25) is 0 Å². The van der Waals surface area contributed by atoms with Crippen LogP contribution in [0.4, 0.5) is 0 Å². The fourth-order valence-electron chi connectivity index (χ4n) is 3.85. The molecule has 0 spiro atoms. The van der Waals surface area contributed by atoms with Crippen LogP contribution in [0.1, 0.15) is 43.3 Å². The quantitative estimate of drug-likeness (QED) is 0.764. The van der Waals surface area contributed by atoms with Crippen LogP contribution in [0.3, 0.4) is 0 Å². The highest BCUT2D eigenvalue weighted by Gasteiger charge is 2.29. The van der Waals surface area contributed by atoms with Gasteiger partial charge in [-0.15, -0.1) is 10.2 Å². The fraction of sp³-hybridized carbons (Fsp3) is 0.875. The highest BCUT2D eigenvalue weighted by Crippen LogP contribution is 2.27. The number of likely N-dealkylation sites (tertiary alicyclic amines) is 2. The molecule has 3 heterocycles. The summed E-state index contributed by atoms with van der Waals surface area (Å²) in [6.45, 7) is 4.98. The molecule has 1 aromatic heterocycles. The number of hydrogen-bond donors (Lipinski definition) is 2. The molecule has 0 saturated carbocycles. The second-order valence-electron chi connectivity index (χ2n) is 6.87. The van der Waals surface area contributed by atoms with Gasteiger partial charge in [-0.2, -0.15) is 0 Å². The van der Waals surface area contributed by atoms with Crippen LogP contribution < -0.4 is 0 Å². The monoisotopic (exact) mass is 323 g/mol. The third kappa shape index (κ3) is 3.74. The summed E-state index contributed by atoms with van der Waals surface area (Å²) in [4.78, 5) is 4.62. The molecule has 2 fully saturated rings. The van der Waals surface area contributed by atoms with E-state index in [-0.39, 0.29) is 19.3 Å². The predicted molar refractivity (Wildman–Crippen MR) is 87.0 cm³/mol. The van der Waals surface area contributed by atoms with Crippen molar-refractivity contribution in [3.05, 3.63) is 11.6 Å². The molecule has 3 rings (SSSR count). The van der Waals surface area contributed by atoms with Crippen molar-refractivity contribution >= 4 is 0 Å². The van der Waals surface area contributed by atoms with Gasteiger partial charge in [-0.25, -0.2) is 0 Å². The van der Waals surface area contributed by atoms with Crippen molar-refractivity contribution in [2.75, 3.05) is 39.4 Å². The van der Waals surface area contributed by atoms with E-state index in [1.807, 2.05) is 0 Å².